The zero-order valence-corrected chi connectivity index (χ0v) is 21.8. The van der Waals surface area contributed by atoms with Gasteiger partial charge in [-0.25, -0.2) is 4.98 Å². The van der Waals surface area contributed by atoms with E-state index in [9.17, 15) is 0 Å². The van der Waals surface area contributed by atoms with Crippen molar-refractivity contribution in [3.8, 4) is 28.4 Å². The molecule has 0 amide bonds. The molecule has 0 unspecified atom stereocenters. The van der Waals surface area contributed by atoms with E-state index in [2.05, 4.69) is 65.5 Å². The molecule has 6 rings (SSSR count). The standard InChI is InChI=1S/C32H30ClN3O/c1-2-3-8-32-35-30(21-36(32)25-12-9-22-17-18-34-20-23(22)19-25)28-15-16-31(29-7-5-4-6-27(28)29)37-26-13-10-24(33)11-14-26/h4-7,9-16,19,21,34H,2-3,8,17-18,20H2,1H3. The van der Waals surface area contributed by atoms with E-state index in [-0.39, 0.29) is 0 Å². The SMILES string of the molecule is CCCCc1nc(-c2ccc(Oc3ccc(Cl)cc3)c3ccccc23)cn1-c1ccc2c(c1)CNCC2. The van der Waals surface area contributed by atoms with Crippen LogP contribution in [0.1, 0.15) is 36.7 Å². The van der Waals surface area contributed by atoms with Crippen molar-refractivity contribution >= 4 is 22.4 Å². The zero-order valence-electron chi connectivity index (χ0n) is 21.0. The van der Waals surface area contributed by atoms with E-state index in [1.54, 1.807) is 0 Å². The van der Waals surface area contributed by atoms with Gasteiger partial charge in [0.2, 0.25) is 0 Å². The Morgan fingerprint density at radius 3 is 2.62 bits per heavy atom. The van der Waals surface area contributed by atoms with Crippen molar-refractivity contribution in [3.63, 3.8) is 0 Å². The number of fused-ring (bicyclic) bond motifs is 2. The van der Waals surface area contributed by atoms with Gasteiger partial charge in [0.1, 0.15) is 17.3 Å². The van der Waals surface area contributed by atoms with E-state index in [4.69, 9.17) is 21.3 Å². The number of aryl methyl sites for hydroxylation is 1. The minimum absolute atomic E-state index is 0.692. The third-order valence-electron chi connectivity index (χ3n) is 7.09. The average molecular weight is 508 g/mol. The van der Waals surface area contributed by atoms with Crippen LogP contribution in [0.4, 0.5) is 0 Å². The normalized spacial score (nSPS) is 13.0. The lowest BCUT2D eigenvalue weighted by atomic mass is 10.0. The number of halogens is 1. The average Bonchev–Trinajstić information content (AvgIpc) is 3.37. The predicted molar refractivity (Wildman–Crippen MR) is 152 cm³/mol. The molecule has 5 aromatic rings. The zero-order chi connectivity index (χ0) is 25.2. The van der Waals surface area contributed by atoms with Gasteiger partial charge in [-0.15, -0.1) is 0 Å². The van der Waals surface area contributed by atoms with Gasteiger partial charge in [-0.2, -0.15) is 0 Å². The van der Waals surface area contributed by atoms with Crippen LogP contribution in [0.3, 0.4) is 0 Å². The van der Waals surface area contributed by atoms with Gasteiger partial charge < -0.3 is 14.6 Å². The molecule has 0 spiro atoms. The van der Waals surface area contributed by atoms with Gasteiger partial charge in [-0.1, -0.05) is 55.3 Å². The summed E-state index contributed by atoms with van der Waals surface area (Å²) in [6, 6.07) is 26.9. The molecule has 0 bridgehead atoms. The minimum Gasteiger partial charge on any atom is -0.457 e. The fraction of sp³-hybridized carbons (Fsp3) is 0.219. The van der Waals surface area contributed by atoms with Crippen molar-refractivity contribution < 1.29 is 4.74 Å². The van der Waals surface area contributed by atoms with Crippen LogP contribution in [0.15, 0.2) is 85.1 Å². The van der Waals surface area contributed by atoms with E-state index in [0.717, 1.165) is 78.1 Å². The monoisotopic (exact) mass is 507 g/mol. The molecule has 1 aliphatic rings. The molecule has 0 fully saturated rings. The van der Waals surface area contributed by atoms with Crippen molar-refractivity contribution in [2.24, 2.45) is 0 Å². The van der Waals surface area contributed by atoms with Crippen LogP contribution >= 0.6 is 11.6 Å². The second-order valence-electron chi connectivity index (χ2n) is 9.61. The van der Waals surface area contributed by atoms with Crippen LogP contribution in [0.5, 0.6) is 11.5 Å². The predicted octanol–water partition coefficient (Wildman–Crippen LogP) is 8.13. The quantitative estimate of drug-likeness (QED) is 0.242. The Morgan fingerprint density at radius 1 is 0.946 bits per heavy atom. The molecule has 0 saturated heterocycles. The number of benzene rings is 4. The molecule has 2 heterocycles. The van der Waals surface area contributed by atoms with Gasteiger partial charge >= 0.3 is 0 Å². The number of hydrogen-bond donors (Lipinski definition) is 1. The van der Waals surface area contributed by atoms with Crippen molar-refractivity contribution in [2.45, 2.75) is 39.2 Å². The second kappa shape index (κ2) is 10.4. The van der Waals surface area contributed by atoms with E-state index >= 15 is 0 Å². The maximum Gasteiger partial charge on any atom is 0.135 e. The number of nitrogens with zero attached hydrogens (tertiary/aromatic N) is 2. The summed E-state index contributed by atoms with van der Waals surface area (Å²) >= 11 is 6.06. The first kappa shape index (κ1) is 23.8. The summed E-state index contributed by atoms with van der Waals surface area (Å²) in [5.41, 5.74) is 6.10. The van der Waals surface area contributed by atoms with Gasteiger partial charge in [0.15, 0.2) is 0 Å². The Morgan fingerprint density at radius 2 is 1.78 bits per heavy atom. The van der Waals surface area contributed by atoms with Gasteiger partial charge in [-0.05, 0) is 84.4 Å². The molecule has 0 aliphatic carbocycles. The highest BCUT2D eigenvalue weighted by Gasteiger charge is 2.17. The summed E-state index contributed by atoms with van der Waals surface area (Å²) in [6.07, 6.45) is 6.48. The van der Waals surface area contributed by atoms with Gasteiger partial charge in [-0.3, -0.25) is 0 Å². The fourth-order valence-electron chi connectivity index (χ4n) is 5.11. The van der Waals surface area contributed by atoms with Gasteiger partial charge in [0.25, 0.3) is 0 Å². The molecule has 1 aromatic heterocycles. The maximum atomic E-state index is 6.25. The molecule has 37 heavy (non-hydrogen) atoms. The smallest absolute Gasteiger partial charge is 0.135 e. The molecule has 0 saturated carbocycles. The lowest BCUT2D eigenvalue weighted by molar-refractivity contribution is 0.488. The topological polar surface area (TPSA) is 39.1 Å². The summed E-state index contributed by atoms with van der Waals surface area (Å²) in [5, 5.41) is 6.37. The molecular weight excluding hydrogens is 478 g/mol. The third kappa shape index (κ3) is 4.87. The Balaban J connectivity index is 1.42. The fourth-order valence-corrected chi connectivity index (χ4v) is 5.24. The lowest BCUT2D eigenvalue weighted by Crippen LogP contribution is -2.23. The Bertz CT molecular complexity index is 1550. The number of unbranched alkanes of at least 4 members (excludes halogenated alkanes) is 1. The molecule has 1 aliphatic heterocycles. The van der Waals surface area contributed by atoms with E-state index in [1.807, 2.05) is 36.4 Å². The minimum atomic E-state index is 0.692. The first-order valence-corrected chi connectivity index (χ1v) is 13.4. The van der Waals surface area contributed by atoms with Crippen LogP contribution in [-0.4, -0.2) is 16.1 Å². The highest BCUT2D eigenvalue weighted by Crippen LogP contribution is 2.37. The molecular formula is C32H30ClN3O. The Hall–Kier alpha value is -3.60. The van der Waals surface area contributed by atoms with E-state index < -0.39 is 0 Å². The molecule has 0 radical (unpaired) electrons. The first-order valence-electron chi connectivity index (χ1n) is 13.1. The summed E-state index contributed by atoms with van der Waals surface area (Å²) in [5.74, 6) is 2.68. The van der Waals surface area contributed by atoms with Crippen molar-refractivity contribution in [3.05, 3.63) is 107 Å². The Kier molecular flexibility index (Phi) is 6.69. The summed E-state index contributed by atoms with van der Waals surface area (Å²) in [4.78, 5) is 5.17. The van der Waals surface area contributed by atoms with Crippen LogP contribution < -0.4 is 10.1 Å². The van der Waals surface area contributed by atoms with Gasteiger partial charge in [0.05, 0.1) is 5.69 Å². The Labute approximate surface area is 222 Å². The summed E-state index contributed by atoms with van der Waals surface area (Å²) in [6.45, 7) is 4.20. The lowest BCUT2D eigenvalue weighted by Gasteiger charge is -2.18. The summed E-state index contributed by atoms with van der Waals surface area (Å²) in [7, 11) is 0. The molecule has 5 heteroatoms. The number of rotatable bonds is 7. The summed E-state index contributed by atoms with van der Waals surface area (Å²) < 4.78 is 8.54. The number of aromatic nitrogens is 2. The molecule has 4 aromatic carbocycles. The number of nitrogens with one attached hydrogen (secondary N) is 1. The van der Waals surface area contributed by atoms with E-state index in [1.165, 1.54) is 16.8 Å². The molecule has 1 N–H and O–H groups in total. The second-order valence-corrected chi connectivity index (χ2v) is 10.0. The number of hydrogen-bond acceptors (Lipinski definition) is 3. The molecule has 0 atom stereocenters. The maximum absolute atomic E-state index is 6.25. The van der Waals surface area contributed by atoms with Crippen LogP contribution in [0.25, 0.3) is 27.7 Å². The molecule has 4 nitrogen and oxygen atoms in total. The highest BCUT2D eigenvalue weighted by atomic mass is 35.5. The van der Waals surface area contributed by atoms with Crippen molar-refractivity contribution in [2.75, 3.05) is 6.54 Å². The largest absolute Gasteiger partial charge is 0.457 e. The number of ether oxygens (including phenoxy) is 1. The van der Waals surface area contributed by atoms with E-state index in [0.29, 0.717) is 5.02 Å². The number of imidazole rings is 1. The first-order chi connectivity index (χ1) is 18.2. The van der Waals surface area contributed by atoms with Crippen LogP contribution in [0.2, 0.25) is 5.02 Å². The molecule has 186 valence electrons. The third-order valence-corrected chi connectivity index (χ3v) is 7.34. The van der Waals surface area contributed by atoms with Crippen LogP contribution in [0, 0.1) is 0 Å². The van der Waals surface area contributed by atoms with Crippen molar-refractivity contribution in [1.29, 1.82) is 0 Å². The van der Waals surface area contributed by atoms with Crippen LogP contribution in [-0.2, 0) is 19.4 Å². The van der Waals surface area contributed by atoms with Gasteiger partial charge in [0, 0.05) is 40.8 Å². The highest BCUT2D eigenvalue weighted by molar-refractivity contribution is 6.30. The van der Waals surface area contributed by atoms with Crippen molar-refractivity contribution in [1.82, 2.24) is 14.9 Å².